The molecule has 35 heavy (non-hydrogen) atoms. The number of rotatable bonds is 4. The first-order valence-corrected chi connectivity index (χ1v) is 13.4. The molecule has 1 saturated carbocycles. The van der Waals surface area contributed by atoms with E-state index in [4.69, 9.17) is 4.98 Å². The van der Waals surface area contributed by atoms with E-state index >= 15 is 0 Å². The summed E-state index contributed by atoms with van der Waals surface area (Å²) in [4.78, 5) is 5.16. The molecule has 0 N–H and O–H groups in total. The molecule has 0 radical (unpaired) electrons. The molecule has 4 aromatic rings. The molecule has 178 valence electrons. The van der Waals surface area contributed by atoms with Gasteiger partial charge in [-0.3, -0.25) is 4.98 Å². The summed E-state index contributed by atoms with van der Waals surface area (Å²) in [5, 5.41) is 2.73. The van der Waals surface area contributed by atoms with Crippen LogP contribution < -0.4 is 0 Å². The normalized spacial score (nSPS) is 18.3. The second-order valence-corrected chi connectivity index (χ2v) is 12.3. The van der Waals surface area contributed by atoms with Crippen molar-refractivity contribution < 1.29 is 0 Å². The highest BCUT2D eigenvalue weighted by molar-refractivity contribution is 5.99. The predicted molar refractivity (Wildman–Crippen MR) is 149 cm³/mol. The minimum Gasteiger partial charge on any atom is -0.255 e. The fraction of sp³-hybridized carbons (Fsp3) is 0.382. The van der Waals surface area contributed by atoms with E-state index in [-0.39, 0.29) is 0 Å². The van der Waals surface area contributed by atoms with Crippen molar-refractivity contribution in [2.45, 2.75) is 72.6 Å². The Labute approximate surface area is 210 Å². The van der Waals surface area contributed by atoms with Gasteiger partial charge in [0.25, 0.3) is 0 Å². The SMILES string of the molecule is Cc1cc2c(c(-c3ncc(CC(C)C)c4cc(C5CCC(C)(C)C5)ccc34)c1)Cc1ccccc1-2. The first kappa shape index (κ1) is 22.5. The van der Waals surface area contributed by atoms with Crippen LogP contribution in [0.15, 0.2) is 60.8 Å². The fourth-order valence-electron chi connectivity index (χ4n) is 6.69. The second-order valence-electron chi connectivity index (χ2n) is 12.3. The molecule has 1 fully saturated rings. The molecule has 1 nitrogen and oxygen atoms in total. The molecule has 0 bridgehead atoms. The van der Waals surface area contributed by atoms with Gasteiger partial charge in [-0.05, 0) is 107 Å². The molecule has 1 heteroatoms. The van der Waals surface area contributed by atoms with Gasteiger partial charge in [-0.15, -0.1) is 0 Å². The van der Waals surface area contributed by atoms with Crippen LogP contribution in [0.1, 0.15) is 80.7 Å². The van der Waals surface area contributed by atoms with Crippen molar-refractivity contribution in [3.63, 3.8) is 0 Å². The quantitative estimate of drug-likeness (QED) is 0.261. The third kappa shape index (κ3) is 3.99. The summed E-state index contributed by atoms with van der Waals surface area (Å²) in [6.45, 7) is 11.7. The molecule has 1 aromatic heterocycles. The highest BCUT2D eigenvalue weighted by atomic mass is 14.7. The fourth-order valence-corrected chi connectivity index (χ4v) is 6.69. The van der Waals surface area contributed by atoms with Gasteiger partial charge in [0.05, 0.1) is 5.69 Å². The van der Waals surface area contributed by atoms with Gasteiger partial charge in [0, 0.05) is 17.1 Å². The first-order chi connectivity index (χ1) is 16.8. The molecule has 1 heterocycles. The lowest BCUT2D eigenvalue weighted by atomic mass is 9.86. The van der Waals surface area contributed by atoms with Gasteiger partial charge in [0.2, 0.25) is 0 Å². The topological polar surface area (TPSA) is 12.9 Å². The van der Waals surface area contributed by atoms with Crippen molar-refractivity contribution in [1.29, 1.82) is 0 Å². The van der Waals surface area contributed by atoms with Crippen molar-refractivity contribution in [2.75, 3.05) is 0 Å². The Morgan fingerprint density at radius 1 is 0.943 bits per heavy atom. The molecule has 0 saturated heterocycles. The molecule has 3 aromatic carbocycles. The van der Waals surface area contributed by atoms with Crippen molar-refractivity contribution in [3.05, 3.63) is 88.6 Å². The van der Waals surface area contributed by atoms with E-state index in [2.05, 4.69) is 95.4 Å². The molecule has 1 atom stereocenters. The Kier molecular flexibility index (Phi) is 5.36. The standard InChI is InChI=1S/C34H37N/c1-21(2)14-26-20-35-33(28-11-10-23(17-29(26)28)25-12-13-34(4,5)19-25)32-16-22(3)15-30-27-9-7-6-8-24(27)18-31(30)32/h6-11,15-17,20-21,25H,12-14,18-19H2,1-5H3. The largest absolute Gasteiger partial charge is 0.255 e. The van der Waals surface area contributed by atoms with Gasteiger partial charge in [0.15, 0.2) is 0 Å². The number of aromatic nitrogens is 1. The molecule has 6 rings (SSSR count). The van der Waals surface area contributed by atoms with Gasteiger partial charge < -0.3 is 0 Å². The molecule has 2 aliphatic carbocycles. The summed E-state index contributed by atoms with van der Waals surface area (Å²) in [6, 6.07) is 20.9. The van der Waals surface area contributed by atoms with E-state index in [0.717, 1.165) is 18.5 Å². The maximum absolute atomic E-state index is 5.16. The molecule has 2 aliphatic rings. The highest BCUT2D eigenvalue weighted by Crippen LogP contribution is 2.47. The number of aryl methyl sites for hydroxylation is 1. The summed E-state index contributed by atoms with van der Waals surface area (Å²) >= 11 is 0. The van der Waals surface area contributed by atoms with Crippen molar-refractivity contribution in [3.8, 4) is 22.4 Å². The molecular formula is C34H37N. The lowest BCUT2D eigenvalue weighted by molar-refractivity contribution is 0.376. The summed E-state index contributed by atoms with van der Waals surface area (Å²) in [5.41, 5.74) is 12.8. The predicted octanol–water partition coefficient (Wildman–Crippen LogP) is 9.27. The third-order valence-corrected chi connectivity index (χ3v) is 8.39. The smallest absolute Gasteiger partial charge is 0.0783 e. The minimum atomic E-state index is 0.459. The zero-order valence-corrected chi connectivity index (χ0v) is 21.9. The summed E-state index contributed by atoms with van der Waals surface area (Å²) in [7, 11) is 0. The maximum atomic E-state index is 5.16. The van der Waals surface area contributed by atoms with Gasteiger partial charge >= 0.3 is 0 Å². The number of hydrogen-bond acceptors (Lipinski definition) is 1. The van der Waals surface area contributed by atoms with E-state index in [1.807, 2.05) is 0 Å². The monoisotopic (exact) mass is 459 g/mol. The van der Waals surface area contributed by atoms with Crippen LogP contribution in [0, 0.1) is 18.3 Å². The summed E-state index contributed by atoms with van der Waals surface area (Å²) in [5.74, 6) is 1.29. The van der Waals surface area contributed by atoms with Crippen molar-refractivity contribution in [1.82, 2.24) is 4.98 Å². The Morgan fingerprint density at radius 2 is 1.74 bits per heavy atom. The van der Waals surface area contributed by atoms with Crippen LogP contribution in [-0.2, 0) is 12.8 Å². The maximum Gasteiger partial charge on any atom is 0.0783 e. The van der Waals surface area contributed by atoms with E-state index in [9.17, 15) is 0 Å². The Bertz CT molecular complexity index is 1440. The number of benzene rings is 3. The van der Waals surface area contributed by atoms with Crippen LogP contribution in [-0.4, -0.2) is 4.98 Å². The zero-order valence-electron chi connectivity index (χ0n) is 21.9. The van der Waals surface area contributed by atoms with Crippen molar-refractivity contribution in [2.24, 2.45) is 11.3 Å². The summed E-state index contributed by atoms with van der Waals surface area (Å²) in [6.07, 6.45) is 8.16. The van der Waals surface area contributed by atoms with Crippen LogP contribution in [0.2, 0.25) is 0 Å². The lowest BCUT2D eigenvalue weighted by Gasteiger charge is -2.19. The van der Waals surface area contributed by atoms with Crippen LogP contribution in [0.3, 0.4) is 0 Å². The van der Waals surface area contributed by atoms with Crippen LogP contribution >= 0.6 is 0 Å². The van der Waals surface area contributed by atoms with Crippen LogP contribution in [0.5, 0.6) is 0 Å². The van der Waals surface area contributed by atoms with Gasteiger partial charge in [0.1, 0.15) is 0 Å². The van der Waals surface area contributed by atoms with Crippen LogP contribution in [0.4, 0.5) is 0 Å². The lowest BCUT2D eigenvalue weighted by Crippen LogP contribution is -2.05. The van der Waals surface area contributed by atoms with Crippen molar-refractivity contribution >= 4 is 10.8 Å². The summed E-state index contributed by atoms with van der Waals surface area (Å²) < 4.78 is 0. The van der Waals surface area contributed by atoms with Gasteiger partial charge in [-0.25, -0.2) is 0 Å². The van der Waals surface area contributed by atoms with E-state index in [0.29, 0.717) is 17.3 Å². The average Bonchev–Trinajstić information content (AvgIpc) is 3.38. The van der Waals surface area contributed by atoms with Gasteiger partial charge in [-0.2, -0.15) is 0 Å². The number of hydrogen-bond donors (Lipinski definition) is 0. The number of pyridine rings is 1. The molecular weight excluding hydrogens is 422 g/mol. The third-order valence-electron chi connectivity index (χ3n) is 8.39. The zero-order chi connectivity index (χ0) is 24.3. The number of nitrogens with zero attached hydrogens (tertiary/aromatic N) is 1. The molecule has 0 amide bonds. The Morgan fingerprint density at radius 3 is 2.51 bits per heavy atom. The Hall–Kier alpha value is -2.93. The van der Waals surface area contributed by atoms with E-state index in [1.54, 1.807) is 0 Å². The van der Waals surface area contributed by atoms with Gasteiger partial charge in [-0.1, -0.05) is 76.2 Å². The van der Waals surface area contributed by atoms with E-state index in [1.165, 1.54) is 74.5 Å². The average molecular weight is 460 g/mol. The van der Waals surface area contributed by atoms with E-state index < -0.39 is 0 Å². The minimum absolute atomic E-state index is 0.459. The Balaban J connectivity index is 1.53. The molecule has 0 aliphatic heterocycles. The molecule has 0 spiro atoms. The number of fused-ring (bicyclic) bond motifs is 4. The molecule has 1 unspecified atom stereocenters. The first-order valence-electron chi connectivity index (χ1n) is 13.4. The van der Waals surface area contributed by atoms with Crippen LogP contribution in [0.25, 0.3) is 33.2 Å². The second kappa shape index (κ2) is 8.33. The highest BCUT2D eigenvalue weighted by Gasteiger charge is 2.32.